The summed E-state index contributed by atoms with van der Waals surface area (Å²) in [5, 5.41) is 3.74. The van der Waals surface area contributed by atoms with Crippen molar-refractivity contribution in [1.29, 1.82) is 0 Å². The SMILES string of the molecule is O=C(OCNC(=O)c1cc(-c2ccccc2)cc2ccn(Cc3cccc(-c4ccccc4)c3)c12)c1ccccc1. The van der Waals surface area contributed by atoms with E-state index in [2.05, 4.69) is 52.3 Å². The number of fused-ring (bicyclic) bond motifs is 1. The molecule has 0 aliphatic rings. The third-order valence-corrected chi connectivity index (χ3v) is 7.04. The summed E-state index contributed by atoms with van der Waals surface area (Å²) in [4.78, 5) is 26.0. The Morgan fingerprint density at radius 1 is 0.634 bits per heavy atom. The molecule has 0 atom stereocenters. The number of nitrogens with zero attached hydrogens (tertiary/aromatic N) is 1. The first-order valence-electron chi connectivity index (χ1n) is 13.5. The van der Waals surface area contributed by atoms with E-state index in [1.807, 2.05) is 72.9 Å². The van der Waals surface area contributed by atoms with Crippen molar-refractivity contribution >= 4 is 22.8 Å². The van der Waals surface area contributed by atoms with Crippen molar-refractivity contribution in [3.63, 3.8) is 0 Å². The predicted octanol–water partition coefficient (Wildman–Crippen LogP) is 7.57. The molecule has 0 saturated heterocycles. The lowest BCUT2D eigenvalue weighted by molar-refractivity contribution is 0.0464. The molecule has 41 heavy (non-hydrogen) atoms. The number of hydrogen-bond donors (Lipinski definition) is 1. The van der Waals surface area contributed by atoms with Crippen LogP contribution in [0, 0.1) is 0 Å². The molecule has 0 aliphatic carbocycles. The zero-order chi connectivity index (χ0) is 28.0. The van der Waals surface area contributed by atoms with Crippen LogP contribution in [-0.2, 0) is 11.3 Å². The lowest BCUT2D eigenvalue weighted by Crippen LogP contribution is -2.28. The monoisotopic (exact) mass is 536 g/mol. The molecule has 0 bridgehead atoms. The summed E-state index contributed by atoms with van der Waals surface area (Å²) in [5.41, 5.74) is 7.15. The van der Waals surface area contributed by atoms with E-state index in [1.165, 1.54) is 0 Å². The Morgan fingerprint density at radius 2 is 1.27 bits per heavy atom. The zero-order valence-corrected chi connectivity index (χ0v) is 22.4. The molecule has 1 N–H and O–H groups in total. The van der Waals surface area contributed by atoms with Crippen molar-refractivity contribution in [3.05, 3.63) is 156 Å². The molecule has 1 amide bonds. The van der Waals surface area contributed by atoms with Crippen LogP contribution < -0.4 is 5.32 Å². The van der Waals surface area contributed by atoms with Gasteiger partial charge in [0.25, 0.3) is 5.91 Å². The summed E-state index contributed by atoms with van der Waals surface area (Å²) in [5.74, 6) is -0.803. The van der Waals surface area contributed by atoms with Gasteiger partial charge in [-0.25, -0.2) is 4.79 Å². The number of hydrogen-bond acceptors (Lipinski definition) is 3. The third-order valence-electron chi connectivity index (χ3n) is 7.04. The van der Waals surface area contributed by atoms with Gasteiger partial charge in [-0.1, -0.05) is 97.1 Å². The van der Waals surface area contributed by atoms with Gasteiger partial charge in [0.05, 0.1) is 16.6 Å². The Labute approximate surface area is 238 Å². The fourth-order valence-electron chi connectivity index (χ4n) is 5.05. The molecule has 200 valence electrons. The Hall–Kier alpha value is -5.42. The zero-order valence-electron chi connectivity index (χ0n) is 22.4. The van der Waals surface area contributed by atoms with Gasteiger partial charge in [0.1, 0.15) is 0 Å². The molecular formula is C36H28N2O3. The minimum atomic E-state index is -0.490. The van der Waals surface area contributed by atoms with Crippen molar-refractivity contribution in [3.8, 4) is 22.3 Å². The standard InChI is InChI=1S/C36H28N2O3/c39-35(37-25-41-36(40)29-16-8-3-9-17-29)33-23-32(28-14-6-2-7-15-28)22-31-19-20-38(34(31)33)24-26-11-10-18-30(21-26)27-12-4-1-5-13-27/h1-23H,24-25H2,(H,37,39). The molecule has 0 radical (unpaired) electrons. The van der Waals surface area contributed by atoms with Crippen molar-refractivity contribution in [2.24, 2.45) is 0 Å². The van der Waals surface area contributed by atoms with Gasteiger partial charge in [-0.05, 0) is 64.2 Å². The van der Waals surface area contributed by atoms with E-state index in [1.54, 1.807) is 24.3 Å². The van der Waals surface area contributed by atoms with Gasteiger partial charge in [0, 0.05) is 18.1 Å². The van der Waals surface area contributed by atoms with Crippen molar-refractivity contribution in [1.82, 2.24) is 9.88 Å². The lowest BCUT2D eigenvalue weighted by Gasteiger charge is -2.14. The molecule has 0 fully saturated rings. The molecule has 6 rings (SSSR count). The van der Waals surface area contributed by atoms with Crippen LogP contribution in [0.15, 0.2) is 140 Å². The third kappa shape index (κ3) is 5.80. The summed E-state index contributed by atoms with van der Waals surface area (Å²) >= 11 is 0. The van der Waals surface area contributed by atoms with Crippen molar-refractivity contribution in [2.45, 2.75) is 6.54 Å². The minimum absolute atomic E-state index is 0.233. The van der Waals surface area contributed by atoms with Crippen molar-refractivity contribution in [2.75, 3.05) is 6.73 Å². The maximum atomic E-state index is 13.6. The Bertz CT molecular complexity index is 1810. The summed E-state index contributed by atoms with van der Waals surface area (Å²) < 4.78 is 7.43. The summed E-state index contributed by atoms with van der Waals surface area (Å²) in [6.45, 7) is 0.363. The molecule has 5 nitrogen and oxygen atoms in total. The lowest BCUT2D eigenvalue weighted by atomic mass is 9.99. The van der Waals surface area contributed by atoms with Gasteiger partial charge in [-0.2, -0.15) is 0 Å². The molecule has 1 aromatic heterocycles. The number of rotatable bonds is 8. The highest BCUT2D eigenvalue weighted by molar-refractivity contribution is 6.08. The number of ether oxygens (including phenoxy) is 1. The van der Waals surface area contributed by atoms with E-state index >= 15 is 0 Å². The van der Waals surface area contributed by atoms with Crippen LogP contribution in [0.5, 0.6) is 0 Å². The number of benzene rings is 5. The van der Waals surface area contributed by atoms with Crippen LogP contribution >= 0.6 is 0 Å². The van der Waals surface area contributed by atoms with E-state index < -0.39 is 5.97 Å². The van der Waals surface area contributed by atoms with E-state index in [9.17, 15) is 9.59 Å². The number of nitrogens with one attached hydrogen (secondary N) is 1. The van der Waals surface area contributed by atoms with Gasteiger partial charge in [0.2, 0.25) is 0 Å². The molecule has 0 saturated carbocycles. The Morgan fingerprint density at radius 3 is 1.98 bits per heavy atom. The van der Waals surface area contributed by atoms with Crippen molar-refractivity contribution < 1.29 is 14.3 Å². The fourth-order valence-corrected chi connectivity index (χ4v) is 5.05. The van der Waals surface area contributed by atoms with Gasteiger partial charge in [0.15, 0.2) is 6.73 Å². The maximum absolute atomic E-state index is 13.6. The average Bonchev–Trinajstić information content (AvgIpc) is 3.44. The largest absolute Gasteiger partial charge is 0.441 e. The van der Waals surface area contributed by atoms with E-state index in [0.29, 0.717) is 17.7 Å². The number of esters is 1. The minimum Gasteiger partial charge on any atom is -0.441 e. The highest BCUT2D eigenvalue weighted by atomic mass is 16.5. The maximum Gasteiger partial charge on any atom is 0.339 e. The second-order valence-corrected chi connectivity index (χ2v) is 9.79. The predicted molar refractivity (Wildman–Crippen MR) is 163 cm³/mol. The number of carbonyl (C=O) groups is 2. The first-order chi connectivity index (χ1) is 20.2. The molecule has 0 unspecified atom stereocenters. The van der Waals surface area contributed by atoms with E-state index in [4.69, 9.17) is 4.74 Å². The number of carbonyl (C=O) groups excluding carboxylic acids is 2. The molecule has 5 heteroatoms. The normalized spacial score (nSPS) is 10.8. The summed E-state index contributed by atoms with van der Waals surface area (Å²) in [6.07, 6.45) is 2.01. The summed E-state index contributed by atoms with van der Waals surface area (Å²) in [6, 6.07) is 43.5. The number of aromatic nitrogens is 1. The summed E-state index contributed by atoms with van der Waals surface area (Å²) in [7, 11) is 0. The highest BCUT2D eigenvalue weighted by Crippen LogP contribution is 2.30. The first kappa shape index (κ1) is 25.8. The van der Waals surface area contributed by atoms with Crippen LogP contribution in [0.1, 0.15) is 26.3 Å². The van der Waals surface area contributed by atoms with Crippen LogP contribution in [0.4, 0.5) is 0 Å². The van der Waals surface area contributed by atoms with Gasteiger partial charge in [-0.3, -0.25) is 4.79 Å². The molecule has 5 aromatic carbocycles. The number of amides is 1. The van der Waals surface area contributed by atoms with Gasteiger partial charge >= 0.3 is 5.97 Å². The molecule has 0 spiro atoms. The molecule has 0 aliphatic heterocycles. The topological polar surface area (TPSA) is 60.3 Å². The average molecular weight is 537 g/mol. The second-order valence-electron chi connectivity index (χ2n) is 9.79. The molecule has 1 heterocycles. The first-order valence-corrected chi connectivity index (χ1v) is 13.5. The molecular weight excluding hydrogens is 508 g/mol. The van der Waals surface area contributed by atoms with Gasteiger partial charge < -0.3 is 14.6 Å². The van der Waals surface area contributed by atoms with E-state index in [-0.39, 0.29) is 12.6 Å². The second kappa shape index (κ2) is 11.8. The van der Waals surface area contributed by atoms with Gasteiger partial charge in [-0.15, -0.1) is 0 Å². The van der Waals surface area contributed by atoms with Crippen LogP contribution in [-0.4, -0.2) is 23.2 Å². The smallest absolute Gasteiger partial charge is 0.339 e. The van der Waals surface area contributed by atoms with Crippen LogP contribution in [0.3, 0.4) is 0 Å². The Kier molecular flexibility index (Phi) is 7.41. The Balaban J connectivity index is 1.31. The quantitative estimate of drug-likeness (QED) is 0.161. The fraction of sp³-hybridized carbons (Fsp3) is 0.0556. The molecule has 6 aromatic rings. The van der Waals surface area contributed by atoms with Crippen LogP contribution in [0.2, 0.25) is 0 Å². The highest BCUT2D eigenvalue weighted by Gasteiger charge is 2.17. The van der Waals surface area contributed by atoms with E-state index in [0.717, 1.165) is 38.7 Å². The van der Waals surface area contributed by atoms with Crippen LogP contribution in [0.25, 0.3) is 33.2 Å².